The first-order valence-electron chi connectivity index (χ1n) is 11.6. The van der Waals surface area contributed by atoms with E-state index in [0.29, 0.717) is 0 Å². The number of amides is 3. The van der Waals surface area contributed by atoms with Gasteiger partial charge in [-0.1, -0.05) is 43.7 Å². The topological polar surface area (TPSA) is 98.7 Å². The van der Waals surface area contributed by atoms with Crippen molar-refractivity contribution in [3.8, 4) is 0 Å². The van der Waals surface area contributed by atoms with E-state index in [-0.39, 0.29) is 35.6 Å². The highest BCUT2D eigenvalue weighted by atomic mass is 32.2. The van der Waals surface area contributed by atoms with Gasteiger partial charge in [0.25, 0.3) is 0 Å². The molecular weight excluding hydrogens is 426 g/mol. The average molecular weight is 460 g/mol. The van der Waals surface area contributed by atoms with Gasteiger partial charge >= 0.3 is 0 Å². The number of rotatable bonds is 8. The minimum Gasteiger partial charge on any atom is -0.394 e. The van der Waals surface area contributed by atoms with Crippen LogP contribution >= 0.6 is 11.8 Å². The molecule has 1 aromatic carbocycles. The molecule has 3 fully saturated rings. The van der Waals surface area contributed by atoms with E-state index >= 15 is 0 Å². The Morgan fingerprint density at radius 3 is 2.62 bits per heavy atom. The van der Waals surface area contributed by atoms with Crippen molar-refractivity contribution in [1.82, 2.24) is 15.5 Å². The third-order valence-corrected chi connectivity index (χ3v) is 9.29. The van der Waals surface area contributed by atoms with Crippen molar-refractivity contribution in [2.45, 2.75) is 67.7 Å². The second-order valence-corrected chi connectivity index (χ2v) is 10.8. The molecule has 3 aliphatic rings. The Kier molecular flexibility index (Phi) is 6.54. The summed E-state index contributed by atoms with van der Waals surface area (Å²) in [6, 6.07) is 7.99. The van der Waals surface area contributed by atoms with Crippen LogP contribution in [0.15, 0.2) is 30.3 Å². The molecule has 3 N–H and O–H groups in total. The molecule has 2 bridgehead atoms. The Morgan fingerprint density at radius 1 is 1.28 bits per heavy atom. The van der Waals surface area contributed by atoms with Crippen LogP contribution in [0, 0.1) is 11.8 Å². The van der Waals surface area contributed by atoms with E-state index in [0.717, 1.165) is 31.2 Å². The van der Waals surface area contributed by atoms with Crippen molar-refractivity contribution in [2.24, 2.45) is 11.8 Å². The van der Waals surface area contributed by atoms with Crippen molar-refractivity contribution in [1.29, 1.82) is 0 Å². The van der Waals surface area contributed by atoms with Gasteiger partial charge in [0.05, 0.1) is 29.2 Å². The summed E-state index contributed by atoms with van der Waals surface area (Å²) in [5, 5.41) is 16.3. The van der Waals surface area contributed by atoms with Crippen LogP contribution in [0.1, 0.15) is 51.1 Å². The van der Waals surface area contributed by atoms with E-state index in [1.807, 2.05) is 37.3 Å². The van der Waals surface area contributed by atoms with Crippen molar-refractivity contribution >= 4 is 29.5 Å². The van der Waals surface area contributed by atoms with Crippen LogP contribution in [0.4, 0.5) is 0 Å². The normalized spacial score (nSPS) is 32.5. The molecule has 0 aliphatic carbocycles. The van der Waals surface area contributed by atoms with Crippen LogP contribution in [-0.4, -0.2) is 63.5 Å². The molecule has 3 amide bonds. The maximum atomic E-state index is 13.9. The van der Waals surface area contributed by atoms with E-state index in [1.54, 1.807) is 23.7 Å². The maximum Gasteiger partial charge on any atom is 0.244 e. The number of benzene rings is 1. The van der Waals surface area contributed by atoms with Gasteiger partial charge in [-0.15, -0.1) is 11.8 Å². The van der Waals surface area contributed by atoms with Crippen molar-refractivity contribution in [2.75, 3.05) is 13.7 Å². The number of aliphatic hydroxyl groups is 1. The third kappa shape index (κ3) is 3.52. The second-order valence-electron chi connectivity index (χ2n) is 9.22. The molecule has 8 heteroatoms. The molecule has 174 valence electrons. The number of nitrogens with zero attached hydrogens (tertiary/aromatic N) is 1. The number of carbonyl (C=O) groups excluding carboxylic acids is 3. The standard InChI is InChI=1S/C24H33N3O4S/c1-4-8-14(2)26-22(30)20-24-12-11-17(32-24)18(21(29)25-3)19(24)23(31)27(20)16(13-28)15-9-6-5-7-10-15/h5-7,9-10,14,16-20,28H,4,8,11-13H2,1-3H3,(H,25,29)(H,26,30)/t14?,16-,17-,18+,19+,20?,24?/m1/s1. The lowest BCUT2D eigenvalue weighted by Crippen LogP contribution is -2.56. The molecule has 7 atom stereocenters. The van der Waals surface area contributed by atoms with Gasteiger partial charge in [0, 0.05) is 18.3 Å². The van der Waals surface area contributed by atoms with Crippen LogP contribution in [0.25, 0.3) is 0 Å². The zero-order valence-corrected chi connectivity index (χ0v) is 19.7. The molecule has 3 heterocycles. The fourth-order valence-corrected chi connectivity index (χ4v) is 8.26. The summed E-state index contributed by atoms with van der Waals surface area (Å²) in [5.74, 6) is -1.51. The van der Waals surface area contributed by atoms with Crippen molar-refractivity contribution < 1.29 is 19.5 Å². The van der Waals surface area contributed by atoms with Crippen LogP contribution < -0.4 is 10.6 Å². The Balaban J connectivity index is 1.78. The highest BCUT2D eigenvalue weighted by Crippen LogP contribution is 2.67. The fourth-order valence-electron chi connectivity index (χ4n) is 6.05. The maximum absolute atomic E-state index is 13.9. The Bertz CT molecular complexity index is 881. The lowest BCUT2D eigenvalue weighted by atomic mass is 9.70. The highest BCUT2D eigenvalue weighted by Gasteiger charge is 2.74. The lowest BCUT2D eigenvalue weighted by molar-refractivity contribution is -0.143. The highest BCUT2D eigenvalue weighted by molar-refractivity contribution is 8.02. The van der Waals surface area contributed by atoms with Gasteiger partial charge in [-0.3, -0.25) is 14.4 Å². The second kappa shape index (κ2) is 9.06. The molecule has 7 nitrogen and oxygen atoms in total. The molecule has 32 heavy (non-hydrogen) atoms. The summed E-state index contributed by atoms with van der Waals surface area (Å²) >= 11 is 1.64. The summed E-state index contributed by atoms with van der Waals surface area (Å²) in [6.45, 7) is 3.76. The minimum atomic E-state index is -0.721. The lowest BCUT2D eigenvalue weighted by Gasteiger charge is -2.37. The molecule has 3 aliphatic heterocycles. The van der Waals surface area contributed by atoms with Gasteiger partial charge in [-0.2, -0.15) is 0 Å². The average Bonchev–Trinajstić information content (AvgIpc) is 3.42. The molecule has 1 spiro atoms. The minimum absolute atomic E-state index is 0.0115. The first kappa shape index (κ1) is 23.1. The zero-order chi connectivity index (χ0) is 23.0. The van der Waals surface area contributed by atoms with Gasteiger partial charge in [-0.05, 0) is 31.7 Å². The van der Waals surface area contributed by atoms with Gasteiger partial charge in [0.15, 0.2) is 0 Å². The van der Waals surface area contributed by atoms with Crippen molar-refractivity contribution in [3.05, 3.63) is 35.9 Å². The predicted molar refractivity (Wildman–Crippen MR) is 124 cm³/mol. The third-order valence-electron chi connectivity index (χ3n) is 7.34. The van der Waals surface area contributed by atoms with Crippen LogP contribution in [0.3, 0.4) is 0 Å². The molecule has 0 saturated carbocycles. The Hall–Kier alpha value is -2.06. The van der Waals surface area contributed by atoms with Crippen LogP contribution in [-0.2, 0) is 14.4 Å². The molecule has 0 radical (unpaired) electrons. The Labute approximate surface area is 193 Å². The van der Waals surface area contributed by atoms with E-state index in [2.05, 4.69) is 17.6 Å². The van der Waals surface area contributed by atoms with Gasteiger partial charge in [0.2, 0.25) is 17.7 Å². The number of hydrogen-bond donors (Lipinski definition) is 3. The van der Waals surface area contributed by atoms with E-state index in [9.17, 15) is 19.5 Å². The van der Waals surface area contributed by atoms with Crippen molar-refractivity contribution in [3.63, 3.8) is 0 Å². The summed E-state index contributed by atoms with van der Waals surface area (Å²) in [4.78, 5) is 42.0. The number of carbonyl (C=O) groups is 3. The number of fused-ring (bicyclic) bond motifs is 1. The van der Waals surface area contributed by atoms with Crippen LogP contribution in [0.5, 0.6) is 0 Å². The SMILES string of the molecule is CCCC(C)NC(=O)C1N([C@H](CO)c2ccccc2)C(=O)[C@@H]2[C@@H](C(=O)NC)[C@H]3CCC12S3. The summed E-state index contributed by atoms with van der Waals surface area (Å²) in [7, 11) is 1.60. The predicted octanol–water partition coefficient (Wildman–Crippen LogP) is 1.86. The number of hydrogen-bond acceptors (Lipinski definition) is 5. The molecule has 3 saturated heterocycles. The molecule has 0 aromatic heterocycles. The molecular formula is C24H33N3O4S. The smallest absolute Gasteiger partial charge is 0.244 e. The van der Waals surface area contributed by atoms with E-state index in [1.165, 1.54) is 0 Å². The fraction of sp³-hybridized carbons (Fsp3) is 0.625. The quantitative estimate of drug-likeness (QED) is 0.551. The number of nitrogens with one attached hydrogen (secondary N) is 2. The number of thioether (sulfide) groups is 1. The van der Waals surface area contributed by atoms with E-state index in [4.69, 9.17) is 0 Å². The Morgan fingerprint density at radius 2 is 2.00 bits per heavy atom. The summed E-state index contributed by atoms with van der Waals surface area (Å²) in [6.07, 6.45) is 3.32. The van der Waals surface area contributed by atoms with Gasteiger partial charge in [-0.25, -0.2) is 0 Å². The van der Waals surface area contributed by atoms with Crippen LogP contribution in [0.2, 0.25) is 0 Å². The summed E-state index contributed by atoms with van der Waals surface area (Å²) < 4.78 is -0.642. The van der Waals surface area contributed by atoms with E-state index < -0.39 is 28.7 Å². The summed E-state index contributed by atoms with van der Waals surface area (Å²) in [5.41, 5.74) is 0.787. The molecule has 3 unspecified atom stereocenters. The zero-order valence-electron chi connectivity index (χ0n) is 18.9. The van der Waals surface area contributed by atoms with Gasteiger partial charge < -0.3 is 20.6 Å². The first-order valence-corrected chi connectivity index (χ1v) is 12.4. The molecule has 4 rings (SSSR count). The first-order chi connectivity index (χ1) is 15.4. The number of aliphatic hydroxyl groups excluding tert-OH is 1. The monoisotopic (exact) mass is 459 g/mol. The van der Waals surface area contributed by atoms with Gasteiger partial charge in [0.1, 0.15) is 6.04 Å². The largest absolute Gasteiger partial charge is 0.394 e. The number of likely N-dealkylation sites (tertiary alicyclic amines) is 1. The molecule has 1 aromatic rings.